The van der Waals surface area contributed by atoms with E-state index in [4.69, 9.17) is 0 Å². The number of hydrogen-bond donors (Lipinski definition) is 0. The van der Waals surface area contributed by atoms with Gasteiger partial charge in [0.05, 0.1) is 17.6 Å². The molecular formula is C14H14N2. The average molecular weight is 210 g/mol. The second-order valence-electron chi connectivity index (χ2n) is 3.86. The molecule has 0 radical (unpaired) electrons. The Bertz CT molecular complexity index is 481. The summed E-state index contributed by atoms with van der Waals surface area (Å²) in [6.45, 7) is 4.15. The number of rotatable bonds is 2. The van der Waals surface area contributed by atoms with Gasteiger partial charge in [0.15, 0.2) is 0 Å². The van der Waals surface area contributed by atoms with E-state index in [0.717, 1.165) is 11.4 Å². The van der Waals surface area contributed by atoms with E-state index in [1.165, 1.54) is 11.1 Å². The summed E-state index contributed by atoms with van der Waals surface area (Å²) >= 11 is 0. The van der Waals surface area contributed by atoms with Crippen LogP contribution in [0.2, 0.25) is 0 Å². The van der Waals surface area contributed by atoms with E-state index in [1.807, 2.05) is 18.2 Å². The van der Waals surface area contributed by atoms with E-state index < -0.39 is 0 Å². The Labute approximate surface area is 95.7 Å². The zero-order chi connectivity index (χ0) is 11.4. The molecule has 0 aliphatic rings. The normalized spacial score (nSPS) is 10.9. The second-order valence-corrected chi connectivity index (χ2v) is 3.86. The minimum atomic E-state index is 0.877. The van der Waals surface area contributed by atoms with Crippen LogP contribution in [-0.2, 0) is 0 Å². The van der Waals surface area contributed by atoms with Crippen molar-refractivity contribution in [1.29, 1.82) is 0 Å². The van der Waals surface area contributed by atoms with Gasteiger partial charge in [0, 0.05) is 6.20 Å². The largest absolute Gasteiger partial charge is 0.255 e. The summed E-state index contributed by atoms with van der Waals surface area (Å²) in [5.41, 5.74) is 4.31. The molecular weight excluding hydrogens is 196 g/mol. The number of aliphatic imine (C=N–C) groups is 1. The Morgan fingerprint density at radius 3 is 2.44 bits per heavy atom. The van der Waals surface area contributed by atoms with Crippen molar-refractivity contribution < 1.29 is 0 Å². The van der Waals surface area contributed by atoms with Crippen LogP contribution >= 0.6 is 0 Å². The van der Waals surface area contributed by atoms with Gasteiger partial charge < -0.3 is 0 Å². The molecule has 16 heavy (non-hydrogen) atoms. The molecule has 1 heterocycles. The van der Waals surface area contributed by atoms with E-state index in [9.17, 15) is 0 Å². The van der Waals surface area contributed by atoms with Gasteiger partial charge >= 0.3 is 0 Å². The fourth-order valence-corrected chi connectivity index (χ4v) is 1.62. The van der Waals surface area contributed by atoms with Gasteiger partial charge in [-0.3, -0.25) is 9.98 Å². The number of hydrogen-bond acceptors (Lipinski definition) is 2. The van der Waals surface area contributed by atoms with Crippen molar-refractivity contribution in [3.8, 4) is 0 Å². The molecule has 1 aromatic heterocycles. The highest BCUT2D eigenvalue weighted by atomic mass is 14.8. The summed E-state index contributed by atoms with van der Waals surface area (Å²) in [6, 6.07) is 12.1. The molecule has 0 spiro atoms. The van der Waals surface area contributed by atoms with Gasteiger partial charge in [-0.05, 0) is 49.2 Å². The first-order valence-electron chi connectivity index (χ1n) is 5.27. The molecule has 0 aliphatic carbocycles. The molecule has 0 fully saturated rings. The van der Waals surface area contributed by atoms with Crippen molar-refractivity contribution in [3.05, 3.63) is 59.4 Å². The summed E-state index contributed by atoms with van der Waals surface area (Å²) in [5, 5.41) is 0. The predicted molar refractivity (Wildman–Crippen MR) is 67.4 cm³/mol. The molecule has 2 aromatic rings. The highest BCUT2D eigenvalue weighted by Gasteiger charge is 1.93. The molecule has 0 saturated heterocycles. The molecule has 2 nitrogen and oxygen atoms in total. The lowest BCUT2D eigenvalue weighted by molar-refractivity contribution is 1.30. The van der Waals surface area contributed by atoms with E-state index in [-0.39, 0.29) is 0 Å². The first kappa shape index (κ1) is 10.6. The molecule has 0 amide bonds. The summed E-state index contributed by atoms with van der Waals surface area (Å²) in [6.07, 6.45) is 3.55. The zero-order valence-electron chi connectivity index (χ0n) is 9.51. The molecule has 0 N–H and O–H groups in total. The van der Waals surface area contributed by atoms with Crippen molar-refractivity contribution in [2.45, 2.75) is 13.8 Å². The first-order valence-corrected chi connectivity index (χ1v) is 5.27. The van der Waals surface area contributed by atoms with E-state index in [1.54, 1.807) is 12.4 Å². The zero-order valence-corrected chi connectivity index (χ0v) is 9.51. The molecule has 80 valence electrons. The van der Waals surface area contributed by atoms with Gasteiger partial charge in [-0.15, -0.1) is 0 Å². The van der Waals surface area contributed by atoms with Crippen molar-refractivity contribution in [1.82, 2.24) is 4.98 Å². The fraction of sp³-hybridized carbons (Fsp3) is 0.143. The summed E-state index contributed by atoms with van der Waals surface area (Å²) in [5.74, 6) is 0. The monoisotopic (exact) mass is 210 g/mol. The van der Waals surface area contributed by atoms with Crippen LogP contribution in [0.15, 0.2) is 47.6 Å². The Morgan fingerprint density at radius 2 is 1.81 bits per heavy atom. The van der Waals surface area contributed by atoms with Gasteiger partial charge in [0.2, 0.25) is 0 Å². The van der Waals surface area contributed by atoms with Crippen LogP contribution in [0.1, 0.15) is 16.8 Å². The SMILES string of the molecule is Cc1cc(C)cc(N=Cc2ccccn2)c1. The highest BCUT2D eigenvalue weighted by Crippen LogP contribution is 2.16. The number of aromatic nitrogens is 1. The maximum atomic E-state index is 4.41. The Morgan fingerprint density at radius 1 is 1.06 bits per heavy atom. The van der Waals surface area contributed by atoms with Crippen molar-refractivity contribution >= 4 is 11.9 Å². The highest BCUT2D eigenvalue weighted by molar-refractivity contribution is 5.79. The van der Waals surface area contributed by atoms with Crippen molar-refractivity contribution in [2.75, 3.05) is 0 Å². The molecule has 0 aliphatic heterocycles. The lowest BCUT2D eigenvalue weighted by Crippen LogP contribution is -1.84. The van der Waals surface area contributed by atoms with Crippen LogP contribution in [0.25, 0.3) is 0 Å². The smallest absolute Gasteiger partial charge is 0.0812 e. The van der Waals surface area contributed by atoms with Gasteiger partial charge in [0.1, 0.15) is 0 Å². The lowest BCUT2D eigenvalue weighted by Gasteiger charge is -1.99. The van der Waals surface area contributed by atoms with Gasteiger partial charge in [-0.1, -0.05) is 12.1 Å². The molecule has 0 atom stereocenters. The van der Waals surface area contributed by atoms with Crippen molar-refractivity contribution in [2.24, 2.45) is 4.99 Å². The van der Waals surface area contributed by atoms with Crippen LogP contribution in [0, 0.1) is 13.8 Å². The van der Waals surface area contributed by atoms with Crippen molar-refractivity contribution in [3.63, 3.8) is 0 Å². The number of benzene rings is 1. The minimum absolute atomic E-state index is 0.877. The molecule has 0 unspecified atom stereocenters. The molecule has 0 bridgehead atoms. The fourth-order valence-electron chi connectivity index (χ4n) is 1.62. The Balaban J connectivity index is 2.24. The van der Waals surface area contributed by atoms with Crippen LogP contribution in [-0.4, -0.2) is 11.2 Å². The summed E-state index contributed by atoms with van der Waals surface area (Å²) in [7, 11) is 0. The number of nitrogens with zero attached hydrogens (tertiary/aromatic N) is 2. The van der Waals surface area contributed by atoms with E-state index in [2.05, 4.69) is 42.0 Å². The third-order valence-electron chi connectivity index (χ3n) is 2.24. The van der Waals surface area contributed by atoms with Crippen LogP contribution in [0.3, 0.4) is 0 Å². The number of pyridine rings is 1. The average Bonchev–Trinajstić information content (AvgIpc) is 2.27. The Hall–Kier alpha value is -1.96. The summed E-state index contributed by atoms with van der Waals surface area (Å²) in [4.78, 5) is 8.60. The van der Waals surface area contributed by atoms with E-state index >= 15 is 0 Å². The molecule has 2 rings (SSSR count). The standard InChI is InChI=1S/C14H14N2/c1-11-7-12(2)9-14(8-11)16-10-13-5-3-4-6-15-13/h3-10H,1-2H3. The minimum Gasteiger partial charge on any atom is -0.255 e. The van der Waals surface area contributed by atoms with Gasteiger partial charge in [-0.25, -0.2) is 0 Å². The second kappa shape index (κ2) is 4.71. The maximum absolute atomic E-state index is 4.41. The van der Waals surface area contributed by atoms with Gasteiger partial charge in [0.25, 0.3) is 0 Å². The van der Waals surface area contributed by atoms with Gasteiger partial charge in [-0.2, -0.15) is 0 Å². The first-order chi connectivity index (χ1) is 7.74. The predicted octanol–water partition coefficient (Wildman–Crippen LogP) is 3.45. The molecule has 0 saturated carbocycles. The topological polar surface area (TPSA) is 25.2 Å². The Kier molecular flexibility index (Phi) is 3.10. The molecule has 2 heteroatoms. The number of aryl methyl sites for hydroxylation is 2. The third kappa shape index (κ3) is 2.76. The van der Waals surface area contributed by atoms with Crippen LogP contribution < -0.4 is 0 Å². The molecule has 1 aromatic carbocycles. The van der Waals surface area contributed by atoms with Crippen LogP contribution in [0.4, 0.5) is 5.69 Å². The lowest BCUT2D eigenvalue weighted by atomic mass is 10.1. The third-order valence-corrected chi connectivity index (χ3v) is 2.24. The van der Waals surface area contributed by atoms with E-state index in [0.29, 0.717) is 0 Å². The van der Waals surface area contributed by atoms with Crippen LogP contribution in [0.5, 0.6) is 0 Å². The quantitative estimate of drug-likeness (QED) is 0.697. The maximum Gasteiger partial charge on any atom is 0.0812 e. The summed E-state index contributed by atoms with van der Waals surface area (Å²) < 4.78 is 0.